The maximum atomic E-state index is 10.5. The van der Waals surface area contributed by atoms with Crippen LogP contribution in [0.4, 0.5) is 0 Å². The normalized spacial score (nSPS) is 10.7. The van der Waals surface area contributed by atoms with E-state index in [2.05, 4.69) is 34.6 Å². The second-order valence-electron chi connectivity index (χ2n) is 3.52. The van der Waals surface area contributed by atoms with E-state index in [4.69, 9.17) is 5.11 Å². The van der Waals surface area contributed by atoms with Gasteiger partial charge in [-0.25, -0.2) is 4.68 Å². The van der Waals surface area contributed by atoms with Crippen molar-refractivity contribution < 1.29 is 9.90 Å². The smallest absolute Gasteiger partial charge is 0.313 e. The third-order valence-electron chi connectivity index (χ3n) is 2.20. The molecule has 2 rings (SSSR count). The highest BCUT2D eigenvalue weighted by Gasteiger charge is 2.10. The van der Waals surface area contributed by atoms with Crippen LogP contribution in [-0.2, 0) is 17.8 Å². The minimum Gasteiger partial charge on any atom is -0.481 e. The largest absolute Gasteiger partial charge is 0.481 e. The zero-order chi connectivity index (χ0) is 13.0. The highest BCUT2D eigenvalue weighted by atomic mass is 32.2. The second kappa shape index (κ2) is 5.96. The Hall–Kier alpha value is -1.41. The Bertz CT molecular complexity index is 537. The highest BCUT2D eigenvalue weighted by Crippen LogP contribution is 2.20. The number of thiophene rings is 1. The second-order valence-corrected chi connectivity index (χ2v) is 5.72. The highest BCUT2D eigenvalue weighted by molar-refractivity contribution is 7.99. The third-order valence-corrected chi connectivity index (χ3v) is 4.35. The molecule has 96 valence electrons. The van der Waals surface area contributed by atoms with Gasteiger partial charge in [0.15, 0.2) is 0 Å². The van der Waals surface area contributed by atoms with Crippen LogP contribution in [0.25, 0.3) is 0 Å². The van der Waals surface area contributed by atoms with E-state index in [-0.39, 0.29) is 5.75 Å². The number of tetrazole rings is 1. The molecular weight excluding hydrogens is 272 g/mol. The molecule has 0 aromatic carbocycles. The number of carbonyl (C=O) groups is 1. The quantitative estimate of drug-likeness (QED) is 0.810. The van der Waals surface area contributed by atoms with Crippen LogP contribution < -0.4 is 0 Å². The summed E-state index contributed by atoms with van der Waals surface area (Å²) in [5.74, 6) is -0.913. The van der Waals surface area contributed by atoms with Gasteiger partial charge >= 0.3 is 5.97 Å². The van der Waals surface area contributed by atoms with Crippen LogP contribution in [0.2, 0.25) is 0 Å². The Balaban J connectivity index is 2.04. The van der Waals surface area contributed by atoms with Crippen molar-refractivity contribution >= 4 is 29.1 Å². The molecule has 6 nitrogen and oxygen atoms in total. The van der Waals surface area contributed by atoms with Crippen molar-refractivity contribution in [3.8, 4) is 0 Å². The third kappa shape index (κ3) is 3.30. The van der Waals surface area contributed by atoms with Gasteiger partial charge in [-0.1, -0.05) is 18.7 Å². The lowest BCUT2D eigenvalue weighted by molar-refractivity contribution is -0.133. The topological polar surface area (TPSA) is 80.9 Å². The lowest BCUT2D eigenvalue weighted by Crippen LogP contribution is -2.05. The van der Waals surface area contributed by atoms with Gasteiger partial charge in [-0.15, -0.1) is 16.4 Å². The molecule has 0 saturated heterocycles. The fourth-order valence-electron chi connectivity index (χ4n) is 1.37. The molecule has 2 aromatic heterocycles. The van der Waals surface area contributed by atoms with Gasteiger partial charge in [0, 0.05) is 9.75 Å². The molecule has 2 heterocycles. The average Bonchev–Trinajstić information content (AvgIpc) is 2.96. The monoisotopic (exact) mass is 284 g/mol. The molecule has 0 spiro atoms. The van der Waals surface area contributed by atoms with Crippen LogP contribution in [0.15, 0.2) is 17.3 Å². The van der Waals surface area contributed by atoms with Gasteiger partial charge in [0.2, 0.25) is 5.16 Å². The van der Waals surface area contributed by atoms with E-state index >= 15 is 0 Å². The molecule has 0 fully saturated rings. The van der Waals surface area contributed by atoms with Crippen LogP contribution in [0, 0.1) is 0 Å². The van der Waals surface area contributed by atoms with E-state index in [0.29, 0.717) is 11.7 Å². The SMILES string of the molecule is CCc1ccc(Cn2nnnc2SCC(=O)O)s1. The summed E-state index contributed by atoms with van der Waals surface area (Å²) >= 11 is 2.85. The number of hydrogen-bond donors (Lipinski definition) is 1. The van der Waals surface area contributed by atoms with Gasteiger partial charge in [-0.2, -0.15) is 0 Å². The zero-order valence-corrected chi connectivity index (χ0v) is 11.4. The molecule has 18 heavy (non-hydrogen) atoms. The molecule has 2 aromatic rings. The van der Waals surface area contributed by atoms with Gasteiger partial charge in [0.25, 0.3) is 0 Å². The molecular formula is C10H12N4O2S2. The van der Waals surface area contributed by atoms with Crippen LogP contribution in [0.5, 0.6) is 0 Å². The molecule has 0 aliphatic heterocycles. The molecule has 8 heteroatoms. The van der Waals surface area contributed by atoms with E-state index in [0.717, 1.165) is 23.1 Å². The summed E-state index contributed by atoms with van der Waals surface area (Å²) in [7, 11) is 0. The zero-order valence-electron chi connectivity index (χ0n) is 9.74. The summed E-state index contributed by atoms with van der Waals surface area (Å²) < 4.78 is 1.62. The van der Waals surface area contributed by atoms with E-state index in [9.17, 15) is 4.79 Å². The summed E-state index contributed by atoms with van der Waals surface area (Å²) in [6.45, 7) is 2.69. The van der Waals surface area contributed by atoms with Gasteiger partial charge < -0.3 is 5.11 Å². The minimum absolute atomic E-state index is 0.0367. The van der Waals surface area contributed by atoms with Crippen LogP contribution in [0.3, 0.4) is 0 Å². The first-order valence-corrected chi connectivity index (χ1v) is 7.17. The molecule has 0 bridgehead atoms. The Kier molecular flexibility index (Phi) is 4.32. The van der Waals surface area contributed by atoms with Crippen LogP contribution in [0.1, 0.15) is 16.7 Å². The molecule has 0 radical (unpaired) electrons. The lowest BCUT2D eigenvalue weighted by atomic mass is 10.4. The number of hydrogen-bond acceptors (Lipinski definition) is 6. The van der Waals surface area contributed by atoms with Gasteiger partial charge in [0.1, 0.15) is 0 Å². The molecule has 1 N–H and O–H groups in total. The first-order valence-electron chi connectivity index (χ1n) is 5.37. The summed E-state index contributed by atoms with van der Waals surface area (Å²) in [6.07, 6.45) is 1.01. The van der Waals surface area contributed by atoms with E-state index in [1.807, 2.05) is 0 Å². The number of aromatic nitrogens is 4. The summed E-state index contributed by atoms with van der Waals surface area (Å²) in [4.78, 5) is 13.0. The maximum Gasteiger partial charge on any atom is 0.313 e. The fraction of sp³-hybridized carbons (Fsp3) is 0.400. The number of thioether (sulfide) groups is 1. The molecule has 0 unspecified atom stereocenters. The van der Waals surface area contributed by atoms with E-state index in [1.165, 1.54) is 4.88 Å². The minimum atomic E-state index is -0.876. The van der Waals surface area contributed by atoms with Crippen molar-refractivity contribution in [3.63, 3.8) is 0 Å². The van der Waals surface area contributed by atoms with Crippen molar-refractivity contribution in [1.82, 2.24) is 20.2 Å². The van der Waals surface area contributed by atoms with E-state index < -0.39 is 5.97 Å². The molecule has 0 atom stereocenters. The Morgan fingerprint density at radius 2 is 2.28 bits per heavy atom. The van der Waals surface area contributed by atoms with Gasteiger partial charge in [-0.3, -0.25) is 4.79 Å². The Morgan fingerprint density at radius 3 is 2.94 bits per heavy atom. The maximum absolute atomic E-state index is 10.5. The average molecular weight is 284 g/mol. The van der Waals surface area contributed by atoms with Crippen LogP contribution >= 0.6 is 23.1 Å². The Morgan fingerprint density at radius 1 is 1.50 bits per heavy atom. The fourth-order valence-corrected chi connectivity index (χ4v) is 2.91. The number of rotatable bonds is 6. The van der Waals surface area contributed by atoms with Gasteiger partial charge in [0.05, 0.1) is 12.3 Å². The van der Waals surface area contributed by atoms with Crippen molar-refractivity contribution in [2.24, 2.45) is 0 Å². The predicted octanol–water partition coefficient (Wildman–Crippen LogP) is 1.52. The molecule has 0 saturated carbocycles. The first kappa shape index (κ1) is 13.0. The summed E-state index contributed by atoms with van der Waals surface area (Å²) in [6, 6.07) is 4.14. The molecule has 0 aliphatic rings. The predicted molar refractivity (Wildman–Crippen MR) is 69.0 cm³/mol. The first-order chi connectivity index (χ1) is 8.69. The van der Waals surface area contributed by atoms with Crippen molar-refractivity contribution in [2.45, 2.75) is 25.0 Å². The summed E-state index contributed by atoms with van der Waals surface area (Å²) in [5.41, 5.74) is 0. The summed E-state index contributed by atoms with van der Waals surface area (Å²) in [5, 5.41) is 20.4. The standard InChI is InChI=1S/C10H12N4O2S2/c1-2-7-3-4-8(18-7)5-14-10(11-12-13-14)17-6-9(15)16/h3-4H,2,5-6H2,1H3,(H,15,16). The number of aryl methyl sites for hydroxylation is 1. The molecule has 0 aliphatic carbocycles. The lowest BCUT2D eigenvalue weighted by Gasteiger charge is -2.00. The van der Waals surface area contributed by atoms with Crippen molar-refractivity contribution in [3.05, 3.63) is 21.9 Å². The van der Waals surface area contributed by atoms with Gasteiger partial charge in [-0.05, 0) is 29.0 Å². The number of nitrogens with zero attached hydrogens (tertiary/aromatic N) is 4. The van der Waals surface area contributed by atoms with E-state index in [1.54, 1.807) is 16.0 Å². The number of carboxylic acids is 1. The Labute approximate surface area is 112 Å². The van der Waals surface area contributed by atoms with Crippen LogP contribution in [-0.4, -0.2) is 37.0 Å². The molecule has 0 amide bonds. The number of aliphatic carboxylic acids is 1. The van der Waals surface area contributed by atoms with Crippen molar-refractivity contribution in [1.29, 1.82) is 0 Å². The van der Waals surface area contributed by atoms with Crippen molar-refractivity contribution in [2.75, 3.05) is 5.75 Å². The number of carboxylic acid groups (broad SMARTS) is 1.